The molecule has 0 aliphatic rings. The van der Waals surface area contributed by atoms with Gasteiger partial charge in [0.2, 0.25) is 0 Å². The molecule has 0 fully saturated rings. The zero-order valence-corrected chi connectivity index (χ0v) is 14.9. The highest BCUT2D eigenvalue weighted by Crippen LogP contribution is 2.12. The predicted octanol–water partition coefficient (Wildman–Crippen LogP) is 1.94. The molecule has 0 aliphatic carbocycles. The van der Waals surface area contributed by atoms with Gasteiger partial charge in [-0.15, -0.1) is 0 Å². The molecule has 1 amide bonds. The molecule has 7 nitrogen and oxygen atoms in total. The molecular weight excluding hydrogens is 322 g/mol. The van der Waals surface area contributed by atoms with Gasteiger partial charge in [-0.1, -0.05) is 35.5 Å². The molecule has 0 radical (unpaired) electrons. The standard InChI is InChI=1S/C18H23N3O4/c1-13(18(23)24-4)21(3)17(22)16-10-15(25-19-16)12-20(2)11-14-8-6-5-7-9-14/h5-10,13H,11-12H2,1-4H3/t13-/m0/s1. The Labute approximate surface area is 147 Å². The van der Waals surface area contributed by atoms with E-state index < -0.39 is 17.9 Å². The lowest BCUT2D eigenvalue weighted by Crippen LogP contribution is -2.41. The largest absolute Gasteiger partial charge is 0.467 e. The first kappa shape index (κ1) is 18.7. The van der Waals surface area contributed by atoms with E-state index in [4.69, 9.17) is 4.52 Å². The van der Waals surface area contributed by atoms with Gasteiger partial charge >= 0.3 is 5.97 Å². The van der Waals surface area contributed by atoms with Crippen molar-refractivity contribution in [3.63, 3.8) is 0 Å². The molecule has 2 aromatic rings. The minimum atomic E-state index is -0.696. The number of hydrogen-bond donors (Lipinski definition) is 0. The number of aromatic nitrogens is 1. The van der Waals surface area contributed by atoms with Crippen molar-refractivity contribution in [3.05, 3.63) is 53.4 Å². The lowest BCUT2D eigenvalue weighted by Gasteiger charge is -2.21. The first-order valence-corrected chi connectivity index (χ1v) is 7.95. The van der Waals surface area contributed by atoms with Gasteiger partial charge in [-0.05, 0) is 19.5 Å². The van der Waals surface area contributed by atoms with Crippen LogP contribution in [0.15, 0.2) is 40.9 Å². The molecule has 0 spiro atoms. The maximum atomic E-state index is 12.4. The highest BCUT2D eigenvalue weighted by molar-refractivity contribution is 5.94. The summed E-state index contributed by atoms with van der Waals surface area (Å²) in [6, 6.07) is 11.0. The van der Waals surface area contributed by atoms with Crippen LogP contribution in [0.2, 0.25) is 0 Å². The molecule has 134 valence electrons. The fourth-order valence-electron chi connectivity index (χ4n) is 2.39. The zero-order valence-electron chi connectivity index (χ0n) is 14.9. The van der Waals surface area contributed by atoms with Crippen molar-refractivity contribution in [2.45, 2.75) is 26.1 Å². The van der Waals surface area contributed by atoms with Crippen LogP contribution >= 0.6 is 0 Å². The number of nitrogens with zero attached hydrogens (tertiary/aromatic N) is 3. The summed E-state index contributed by atoms with van der Waals surface area (Å²) in [5.74, 6) is -0.290. The Morgan fingerprint density at radius 1 is 1.20 bits per heavy atom. The van der Waals surface area contributed by atoms with Crippen LogP contribution in [0.4, 0.5) is 0 Å². The molecular formula is C18H23N3O4. The molecule has 0 aliphatic heterocycles. The maximum Gasteiger partial charge on any atom is 0.328 e. The summed E-state index contributed by atoms with van der Waals surface area (Å²) in [5, 5.41) is 3.82. The second kappa shape index (κ2) is 8.43. The summed E-state index contributed by atoms with van der Waals surface area (Å²) in [6.07, 6.45) is 0. The number of hydrogen-bond acceptors (Lipinski definition) is 6. The first-order chi connectivity index (χ1) is 11.9. The van der Waals surface area contributed by atoms with Gasteiger partial charge in [0.25, 0.3) is 5.91 Å². The van der Waals surface area contributed by atoms with Gasteiger partial charge in [0, 0.05) is 19.7 Å². The van der Waals surface area contributed by atoms with Crippen LogP contribution in [0, 0.1) is 0 Å². The van der Waals surface area contributed by atoms with E-state index in [1.165, 1.54) is 24.6 Å². The van der Waals surface area contributed by atoms with Gasteiger partial charge in [0.15, 0.2) is 11.5 Å². The number of rotatable bonds is 7. The number of carbonyl (C=O) groups excluding carboxylic acids is 2. The minimum Gasteiger partial charge on any atom is -0.467 e. The molecule has 25 heavy (non-hydrogen) atoms. The maximum absolute atomic E-state index is 12.4. The molecule has 0 saturated carbocycles. The number of methoxy groups -OCH3 is 1. The summed E-state index contributed by atoms with van der Waals surface area (Å²) >= 11 is 0. The van der Waals surface area contributed by atoms with E-state index in [0.29, 0.717) is 12.3 Å². The fraction of sp³-hybridized carbons (Fsp3) is 0.389. The molecule has 0 bridgehead atoms. The lowest BCUT2D eigenvalue weighted by atomic mass is 10.2. The monoisotopic (exact) mass is 345 g/mol. The SMILES string of the molecule is COC(=O)[C@H](C)N(C)C(=O)c1cc(CN(C)Cc2ccccc2)on1. The molecule has 1 aromatic heterocycles. The average molecular weight is 345 g/mol. The summed E-state index contributed by atoms with van der Waals surface area (Å²) in [5.41, 5.74) is 1.36. The third-order valence-corrected chi connectivity index (χ3v) is 3.94. The van der Waals surface area contributed by atoms with Gasteiger partial charge in [-0.2, -0.15) is 0 Å². The van der Waals surface area contributed by atoms with E-state index in [1.807, 2.05) is 25.2 Å². The molecule has 0 N–H and O–H groups in total. The van der Waals surface area contributed by atoms with E-state index in [0.717, 1.165) is 6.54 Å². The van der Waals surface area contributed by atoms with Crippen LogP contribution in [-0.2, 0) is 22.6 Å². The second-order valence-corrected chi connectivity index (χ2v) is 5.95. The number of amides is 1. The third-order valence-electron chi connectivity index (χ3n) is 3.94. The quantitative estimate of drug-likeness (QED) is 0.714. The van der Waals surface area contributed by atoms with Crippen molar-refractivity contribution in [3.8, 4) is 0 Å². The van der Waals surface area contributed by atoms with E-state index in [9.17, 15) is 9.59 Å². The minimum absolute atomic E-state index is 0.168. The number of ether oxygens (including phenoxy) is 1. The van der Waals surface area contributed by atoms with Crippen LogP contribution in [-0.4, -0.2) is 54.1 Å². The highest BCUT2D eigenvalue weighted by atomic mass is 16.5. The van der Waals surface area contributed by atoms with E-state index in [1.54, 1.807) is 13.0 Å². The van der Waals surface area contributed by atoms with Gasteiger partial charge in [-0.25, -0.2) is 4.79 Å². The topological polar surface area (TPSA) is 75.9 Å². The third kappa shape index (κ3) is 4.90. The zero-order chi connectivity index (χ0) is 18.4. The van der Waals surface area contributed by atoms with E-state index in [-0.39, 0.29) is 5.69 Å². The fourth-order valence-corrected chi connectivity index (χ4v) is 2.39. The lowest BCUT2D eigenvalue weighted by molar-refractivity contribution is -0.144. The molecule has 1 aromatic carbocycles. The van der Waals surface area contributed by atoms with Crippen molar-refractivity contribution in [1.29, 1.82) is 0 Å². The predicted molar refractivity (Wildman–Crippen MR) is 91.7 cm³/mol. The Bertz CT molecular complexity index is 714. The summed E-state index contributed by atoms with van der Waals surface area (Å²) in [4.78, 5) is 27.3. The molecule has 0 saturated heterocycles. The number of esters is 1. The Morgan fingerprint density at radius 2 is 1.88 bits per heavy atom. The van der Waals surface area contributed by atoms with Crippen LogP contribution < -0.4 is 0 Å². The Hall–Kier alpha value is -2.67. The Balaban J connectivity index is 1.97. The van der Waals surface area contributed by atoms with E-state index in [2.05, 4.69) is 26.9 Å². The molecule has 1 atom stereocenters. The number of carbonyl (C=O) groups is 2. The van der Waals surface area contributed by atoms with Gasteiger partial charge < -0.3 is 14.2 Å². The van der Waals surface area contributed by atoms with Crippen molar-refractivity contribution in [2.24, 2.45) is 0 Å². The van der Waals surface area contributed by atoms with Crippen LogP contribution in [0.25, 0.3) is 0 Å². The first-order valence-electron chi connectivity index (χ1n) is 7.95. The van der Waals surface area contributed by atoms with Crippen molar-refractivity contribution in [2.75, 3.05) is 21.2 Å². The molecule has 2 rings (SSSR count). The van der Waals surface area contributed by atoms with Gasteiger partial charge in [-0.3, -0.25) is 9.69 Å². The normalized spacial score (nSPS) is 12.0. The summed E-state index contributed by atoms with van der Waals surface area (Å²) < 4.78 is 9.91. The summed E-state index contributed by atoms with van der Waals surface area (Å²) in [7, 11) is 4.77. The van der Waals surface area contributed by atoms with Crippen LogP contribution in [0.1, 0.15) is 28.7 Å². The second-order valence-electron chi connectivity index (χ2n) is 5.95. The summed E-state index contributed by atoms with van der Waals surface area (Å²) in [6.45, 7) is 2.87. The van der Waals surface area contributed by atoms with Crippen molar-refractivity contribution in [1.82, 2.24) is 15.0 Å². The van der Waals surface area contributed by atoms with Crippen molar-refractivity contribution >= 4 is 11.9 Å². The van der Waals surface area contributed by atoms with E-state index >= 15 is 0 Å². The van der Waals surface area contributed by atoms with Crippen molar-refractivity contribution < 1.29 is 18.8 Å². The molecule has 1 heterocycles. The highest BCUT2D eigenvalue weighted by Gasteiger charge is 2.26. The Morgan fingerprint density at radius 3 is 2.52 bits per heavy atom. The number of benzene rings is 1. The average Bonchev–Trinajstić information content (AvgIpc) is 3.08. The van der Waals surface area contributed by atoms with Crippen LogP contribution in [0.5, 0.6) is 0 Å². The Kier molecular flexibility index (Phi) is 6.30. The molecule has 0 unspecified atom stereocenters. The van der Waals surface area contributed by atoms with Crippen LogP contribution in [0.3, 0.4) is 0 Å². The number of likely N-dealkylation sites (N-methyl/N-ethyl adjacent to an activating group) is 1. The van der Waals surface area contributed by atoms with Gasteiger partial charge in [0.1, 0.15) is 6.04 Å². The smallest absolute Gasteiger partial charge is 0.328 e. The van der Waals surface area contributed by atoms with Gasteiger partial charge in [0.05, 0.1) is 13.7 Å². The molecule has 7 heteroatoms.